The first kappa shape index (κ1) is 19.5. The van der Waals surface area contributed by atoms with Gasteiger partial charge in [-0.05, 0) is 6.07 Å². The number of hydrogen-bond donors (Lipinski definition) is 3. The minimum atomic E-state index is -1.37. The average molecular weight is 394 g/mol. The van der Waals surface area contributed by atoms with Gasteiger partial charge in [-0.15, -0.1) is 0 Å². The maximum atomic E-state index is 12.2. The number of benzene rings is 1. The van der Waals surface area contributed by atoms with Crippen LogP contribution in [0, 0.1) is 0 Å². The standard InChI is InChI=1S/C17H18N2O9/c1-25-15(22)8-4-7-12-9(5-11(13(7)18-8)28-17(24)27-3)19(16(23)26-2)6-10(20)14(12)21/h4-5,10,14,18,20-21H,6H2,1-3H3/t10-,14-/m1/s1. The predicted molar refractivity (Wildman–Crippen MR) is 93.4 cm³/mol. The van der Waals surface area contributed by atoms with Gasteiger partial charge in [-0.2, -0.15) is 0 Å². The topological polar surface area (TPSA) is 148 Å². The zero-order valence-electron chi connectivity index (χ0n) is 15.2. The highest BCUT2D eigenvalue weighted by Crippen LogP contribution is 2.44. The number of nitrogens with one attached hydrogen (secondary N) is 1. The molecule has 28 heavy (non-hydrogen) atoms. The zero-order chi connectivity index (χ0) is 20.6. The van der Waals surface area contributed by atoms with Crippen LogP contribution < -0.4 is 9.64 Å². The van der Waals surface area contributed by atoms with E-state index in [1.807, 2.05) is 0 Å². The summed E-state index contributed by atoms with van der Waals surface area (Å²) in [5.74, 6) is -0.766. The van der Waals surface area contributed by atoms with Crippen molar-refractivity contribution in [2.45, 2.75) is 12.2 Å². The van der Waals surface area contributed by atoms with E-state index >= 15 is 0 Å². The normalized spacial score (nSPS) is 18.4. The molecule has 1 aliphatic rings. The van der Waals surface area contributed by atoms with E-state index in [0.29, 0.717) is 0 Å². The number of aromatic amines is 1. The number of H-pyrrole nitrogens is 1. The Labute approximate surface area is 158 Å². The summed E-state index contributed by atoms with van der Waals surface area (Å²) < 4.78 is 19.0. The number of nitrogens with zero attached hydrogens (tertiary/aromatic N) is 1. The van der Waals surface area contributed by atoms with Crippen LogP contribution in [0.1, 0.15) is 22.2 Å². The van der Waals surface area contributed by atoms with Crippen LogP contribution in [-0.4, -0.2) is 67.4 Å². The largest absolute Gasteiger partial charge is 0.513 e. The van der Waals surface area contributed by atoms with Crippen LogP contribution in [0.4, 0.5) is 15.3 Å². The molecule has 0 saturated carbocycles. The minimum absolute atomic E-state index is 0.0116. The van der Waals surface area contributed by atoms with Gasteiger partial charge in [-0.1, -0.05) is 0 Å². The van der Waals surface area contributed by atoms with Crippen LogP contribution in [-0.2, 0) is 14.2 Å². The summed E-state index contributed by atoms with van der Waals surface area (Å²) in [5.41, 5.74) is 0.481. The highest BCUT2D eigenvalue weighted by molar-refractivity contribution is 6.03. The maximum absolute atomic E-state index is 12.2. The Morgan fingerprint density at radius 2 is 1.82 bits per heavy atom. The molecule has 0 spiro atoms. The lowest BCUT2D eigenvalue weighted by Gasteiger charge is -2.35. The molecule has 1 amide bonds. The number of methoxy groups -OCH3 is 3. The first-order valence-corrected chi connectivity index (χ1v) is 8.07. The molecule has 1 aliphatic heterocycles. The van der Waals surface area contributed by atoms with Crippen molar-refractivity contribution < 1.29 is 43.5 Å². The lowest BCUT2D eigenvalue weighted by atomic mass is 9.93. The zero-order valence-corrected chi connectivity index (χ0v) is 15.2. The number of fused-ring (bicyclic) bond motifs is 3. The fourth-order valence-electron chi connectivity index (χ4n) is 3.10. The van der Waals surface area contributed by atoms with Gasteiger partial charge in [0.05, 0.1) is 39.1 Å². The monoisotopic (exact) mass is 394 g/mol. The summed E-state index contributed by atoms with van der Waals surface area (Å²) in [6, 6.07) is 2.67. The van der Waals surface area contributed by atoms with Crippen molar-refractivity contribution in [2.24, 2.45) is 0 Å². The Morgan fingerprint density at radius 1 is 1.11 bits per heavy atom. The van der Waals surface area contributed by atoms with E-state index in [0.717, 1.165) is 19.1 Å². The molecular weight excluding hydrogens is 376 g/mol. The molecule has 0 radical (unpaired) electrons. The van der Waals surface area contributed by atoms with Crippen molar-refractivity contribution in [3.63, 3.8) is 0 Å². The first-order chi connectivity index (χ1) is 13.3. The van der Waals surface area contributed by atoms with Crippen molar-refractivity contribution in [3.8, 4) is 5.75 Å². The van der Waals surface area contributed by atoms with Crippen LogP contribution in [0.15, 0.2) is 12.1 Å². The maximum Gasteiger partial charge on any atom is 0.513 e. The Hall–Kier alpha value is -3.31. The van der Waals surface area contributed by atoms with Gasteiger partial charge in [0, 0.05) is 17.0 Å². The molecule has 0 saturated heterocycles. The van der Waals surface area contributed by atoms with E-state index < -0.39 is 30.4 Å². The molecule has 0 fully saturated rings. The van der Waals surface area contributed by atoms with E-state index in [2.05, 4.69) is 14.5 Å². The molecule has 0 bridgehead atoms. The van der Waals surface area contributed by atoms with E-state index in [4.69, 9.17) is 9.47 Å². The number of β-amino-alcohol motifs (C(OH)–C–C–N with tert-alkyl or cyclic N) is 1. The van der Waals surface area contributed by atoms with Crippen LogP contribution in [0.2, 0.25) is 0 Å². The number of carbonyl (C=O) groups excluding carboxylic acids is 3. The molecule has 2 atom stereocenters. The number of ether oxygens (including phenoxy) is 4. The van der Waals surface area contributed by atoms with Gasteiger partial charge >= 0.3 is 18.2 Å². The second kappa shape index (κ2) is 7.37. The summed E-state index contributed by atoms with van der Waals surface area (Å²) in [7, 11) is 3.47. The van der Waals surface area contributed by atoms with Crippen LogP contribution in [0.3, 0.4) is 0 Å². The molecule has 1 aromatic heterocycles. The second-order valence-corrected chi connectivity index (χ2v) is 5.92. The average Bonchev–Trinajstić information content (AvgIpc) is 3.14. The number of amides is 1. The third-order valence-electron chi connectivity index (χ3n) is 4.38. The number of aliphatic hydroxyl groups is 2. The Balaban J connectivity index is 2.31. The minimum Gasteiger partial charge on any atom is -0.464 e. The van der Waals surface area contributed by atoms with E-state index in [1.165, 1.54) is 19.2 Å². The number of anilines is 1. The predicted octanol–water partition coefficient (Wildman–Crippen LogP) is 1.08. The first-order valence-electron chi connectivity index (χ1n) is 8.07. The summed E-state index contributed by atoms with van der Waals surface area (Å²) in [6.45, 7) is -0.252. The van der Waals surface area contributed by atoms with Crippen molar-refractivity contribution >= 4 is 34.8 Å². The molecule has 3 N–H and O–H groups in total. The number of aromatic nitrogens is 1. The van der Waals surface area contributed by atoms with Crippen LogP contribution in [0.25, 0.3) is 10.9 Å². The van der Waals surface area contributed by atoms with Crippen LogP contribution >= 0.6 is 0 Å². The number of carbonyl (C=O) groups is 3. The van der Waals surface area contributed by atoms with Crippen molar-refractivity contribution in [3.05, 3.63) is 23.4 Å². The van der Waals surface area contributed by atoms with E-state index in [1.54, 1.807) is 0 Å². The summed E-state index contributed by atoms with van der Waals surface area (Å²) in [6.07, 6.45) is -4.50. The molecule has 0 aliphatic carbocycles. The molecule has 2 heterocycles. The Bertz CT molecular complexity index is 952. The quantitative estimate of drug-likeness (QED) is 0.386. The fourth-order valence-corrected chi connectivity index (χ4v) is 3.10. The van der Waals surface area contributed by atoms with Gasteiger partial charge in [-0.25, -0.2) is 14.4 Å². The summed E-state index contributed by atoms with van der Waals surface area (Å²) in [4.78, 5) is 39.6. The molecule has 3 rings (SSSR count). The Kier molecular flexibility index (Phi) is 5.12. The Morgan fingerprint density at radius 3 is 2.43 bits per heavy atom. The number of hydrogen-bond acceptors (Lipinski definition) is 9. The third kappa shape index (κ3) is 3.10. The smallest absolute Gasteiger partial charge is 0.464 e. The van der Waals surface area contributed by atoms with Crippen molar-refractivity contribution in [1.29, 1.82) is 0 Å². The summed E-state index contributed by atoms with van der Waals surface area (Å²) >= 11 is 0. The number of esters is 1. The molecule has 11 heteroatoms. The summed E-state index contributed by atoms with van der Waals surface area (Å²) in [5, 5.41) is 21.0. The highest BCUT2D eigenvalue weighted by Gasteiger charge is 2.37. The van der Waals surface area contributed by atoms with Gasteiger partial charge in [0.25, 0.3) is 0 Å². The number of rotatable bonds is 2. The lowest BCUT2D eigenvalue weighted by molar-refractivity contribution is 0.0189. The molecular formula is C17H18N2O9. The van der Waals surface area contributed by atoms with Gasteiger partial charge in [-0.3, -0.25) is 4.90 Å². The van der Waals surface area contributed by atoms with Gasteiger partial charge in [0.1, 0.15) is 17.9 Å². The highest BCUT2D eigenvalue weighted by atomic mass is 16.7. The van der Waals surface area contributed by atoms with Gasteiger partial charge in [0.2, 0.25) is 0 Å². The number of aliphatic hydroxyl groups excluding tert-OH is 2. The molecule has 1 aromatic carbocycles. The van der Waals surface area contributed by atoms with Gasteiger partial charge < -0.3 is 34.1 Å². The molecule has 0 unspecified atom stereocenters. The molecule has 2 aromatic rings. The SMILES string of the molecule is COC(=O)Oc1cc2c(c3cc(C(=O)OC)[nH]c13)[C@H](O)[C@H](O)CN2C(=O)OC. The van der Waals surface area contributed by atoms with Gasteiger partial charge in [0.15, 0.2) is 5.75 Å². The van der Waals surface area contributed by atoms with Crippen molar-refractivity contribution in [1.82, 2.24) is 4.98 Å². The third-order valence-corrected chi connectivity index (χ3v) is 4.38. The van der Waals surface area contributed by atoms with E-state index in [9.17, 15) is 24.6 Å². The van der Waals surface area contributed by atoms with Crippen molar-refractivity contribution in [2.75, 3.05) is 32.8 Å². The lowest BCUT2D eigenvalue weighted by Crippen LogP contribution is -2.44. The van der Waals surface area contributed by atoms with Crippen LogP contribution in [0.5, 0.6) is 5.75 Å². The van der Waals surface area contributed by atoms with E-state index in [-0.39, 0.29) is 40.1 Å². The molecule has 150 valence electrons. The molecule has 11 nitrogen and oxygen atoms in total. The second-order valence-electron chi connectivity index (χ2n) is 5.92. The fraction of sp³-hybridized carbons (Fsp3) is 0.353.